The Morgan fingerprint density at radius 1 is 1.36 bits per heavy atom. The van der Waals surface area contributed by atoms with Gasteiger partial charge in [-0.25, -0.2) is 0 Å². The lowest BCUT2D eigenvalue weighted by atomic mass is 9.83. The Hall–Kier alpha value is -0.550. The fourth-order valence-electron chi connectivity index (χ4n) is 1.76. The monoisotopic (exact) mass is 152 g/mol. The lowest BCUT2D eigenvalue weighted by molar-refractivity contribution is 0.264. The van der Waals surface area contributed by atoms with Crippen LogP contribution in [0.4, 0.5) is 0 Å². The number of nitrogens with one attached hydrogen (secondary N) is 1. The van der Waals surface area contributed by atoms with E-state index in [1.807, 2.05) is 0 Å². The Labute approximate surface area is 68.6 Å². The van der Waals surface area contributed by atoms with Gasteiger partial charge >= 0.3 is 0 Å². The molecule has 0 spiro atoms. The van der Waals surface area contributed by atoms with Gasteiger partial charge in [-0.1, -0.05) is 19.3 Å². The topological polar surface area (TPSA) is 35.8 Å². The van der Waals surface area contributed by atoms with Crippen molar-refractivity contribution in [2.45, 2.75) is 44.6 Å². The summed E-state index contributed by atoms with van der Waals surface area (Å²) < 4.78 is 0. The summed E-state index contributed by atoms with van der Waals surface area (Å²) in [6, 6.07) is 2.13. The van der Waals surface area contributed by atoms with Gasteiger partial charge in [0, 0.05) is 5.54 Å². The highest BCUT2D eigenvalue weighted by Crippen LogP contribution is 2.26. The van der Waals surface area contributed by atoms with Gasteiger partial charge in [0.2, 0.25) is 0 Å². The predicted octanol–water partition coefficient (Wildman–Crippen LogP) is 1.82. The summed E-state index contributed by atoms with van der Waals surface area (Å²) in [4.78, 5) is 0. The molecule has 0 aromatic carbocycles. The Balaban J connectivity index is 2.32. The van der Waals surface area contributed by atoms with Crippen molar-refractivity contribution in [2.24, 2.45) is 0 Å². The van der Waals surface area contributed by atoms with Crippen LogP contribution in [0, 0.1) is 11.3 Å². The van der Waals surface area contributed by atoms with Gasteiger partial charge in [0.1, 0.15) is 0 Å². The molecular formula is C9H16N2. The molecule has 62 valence electrons. The zero-order chi connectivity index (χ0) is 8.16. The maximum absolute atomic E-state index is 8.40. The van der Waals surface area contributed by atoms with Crippen molar-refractivity contribution in [3.63, 3.8) is 0 Å². The van der Waals surface area contributed by atoms with Crippen LogP contribution in [0.1, 0.15) is 39.0 Å². The first kappa shape index (κ1) is 8.55. The van der Waals surface area contributed by atoms with E-state index in [1.165, 1.54) is 32.1 Å². The Bertz CT molecular complexity index is 151. The van der Waals surface area contributed by atoms with E-state index in [0.717, 1.165) is 0 Å². The molecule has 0 saturated heterocycles. The molecule has 2 heteroatoms. The highest BCUT2D eigenvalue weighted by atomic mass is 15.0. The van der Waals surface area contributed by atoms with Gasteiger partial charge in [-0.15, -0.1) is 0 Å². The van der Waals surface area contributed by atoms with E-state index in [4.69, 9.17) is 5.26 Å². The van der Waals surface area contributed by atoms with E-state index in [9.17, 15) is 0 Å². The van der Waals surface area contributed by atoms with Crippen molar-refractivity contribution >= 4 is 0 Å². The molecule has 2 nitrogen and oxygen atoms in total. The first-order chi connectivity index (χ1) is 5.27. The predicted molar refractivity (Wildman–Crippen MR) is 45.1 cm³/mol. The van der Waals surface area contributed by atoms with E-state index in [0.29, 0.717) is 6.54 Å². The summed E-state index contributed by atoms with van der Waals surface area (Å²) in [6.07, 6.45) is 6.46. The minimum atomic E-state index is 0.258. The van der Waals surface area contributed by atoms with Crippen LogP contribution in [0.5, 0.6) is 0 Å². The van der Waals surface area contributed by atoms with Crippen molar-refractivity contribution in [1.82, 2.24) is 5.32 Å². The van der Waals surface area contributed by atoms with Crippen molar-refractivity contribution in [3.8, 4) is 6.07 Å². The molecule has 0 aromatic heterocycles. The van der Waals surface area contributed by atoms with Gasteiger partial charge in [0.25, 0.3) is 0 Å². The summed E-state index contributed by atoms with van der Waals surface area (Å²) in [5.74, 6) is 0. The zero-order valence-electron chi connectivity index (χ0n) is 7.19. The van der Waals surface area contributed by atoms with Gasteiger partial charge in [-0.2, -0.15) is 5.26 Å². The van der Waals surface area contributed by atoms with E-state index in [2.05, 4.69) is 18.3 Å². The number of rotatable bonds is 2. The SMILES string of the molecule is CC1(NCC#N)CCCCC1. The molecule has 0 heterocycles. The van der Waals surface area contributed by atoms with E-state index in [-0.39, 0.29) is 5.54 Å². The maximum Gasteiger partial charge on any atom is 0.0845 e. The molecule has 1 N–H and O–H groups in total. The van der Waals surface area contributed by atoms with Crippen molar-refractivity contribution in [3.05, 3.63) is 0 Å². The van der Waals surface area contributed by atoms with Crippen LogP contribution in [-0.4, -0.2) is 12.1 Å². The normalized spacial score (nSPS) is 22.5. The molecule has 0 atom stereocenters. The standard InChI is InChI=1S/C9H16N2/c1-9(11-8-7-10)5-3-2-4-6-9/h11H,2-6,8H2,1H3. The quantitative estimate of drug-likeness (QED) is 0.613. The van der Waals surface area contributed by atoms with Crippen LogP contribution in [0.2, 0.25) is 0 Å². The molecule has 0 unspecified atom stereocenters. The largest absolute Gasteiger partial charge is 0.299 e. The molecule has 11 heavy (non-hydrogen) atoms. The van der Waals surface area contributed by atoms with E-state index >= 15 is 0 Å². The van der Waals surface area contributed by atoms with Crippen LogP contribution in [0.15, 0.2) is 0 Å². The molecule has 1 aliphatic carbocycles. The fraction of sp³-hybridized carbons (Fsp3) is 0.889. The Kier molecular flexibility index (Phi) is 2.90. The van der Waals surface area contributed by atoms with Gasteiger partial charge in [-0.05, 0) is 19.8 Å². The number of nitrogens with zero attached hydrogens (tertiary/aromatic N) is 1. The average Bonchev–Trinajstić information content (AvgIpc) is 2.03. The first-order valence-electron chi connectivity index (χ1n) is 4.39. The zero-order valence-corrected chi connectivity index (χ0v) is 7.19. The van der Waals surface area contributed by atoms with E-state index in [1.54, 1.807) is 0 Å². The molecule has 0 aromatic rings. The maximum atomic E-state index is 8.40. The summed E-state index contributed by atoms with van der Waals surface area (Å²) in [5.41, 5.74) is 0.258. The second kappa shape index (κ2) is 3.73. The van der Waals surface area contributed by atoms with Crippen LogP contribution in [0.3, 0.4) is 0 Å². The lowest BCUT2D eigenvalue weighted by Gasteiger charge is -2.33. The molecule has 1 saturated carbocycles. The molecular weight excluding hydrogens is 136 g/mol. The third-order valence-electron chi connectivity index (χ3n) is 2.55. The molecule has 0 radical (unpaired) electrons. The smallest absolute Gasteiger partial charge is 0.0845 e. The van der Waals surface area contributed by atoms with Gasteiger partial charge in [0.15, 0.2) is 0 Å². The second-order valence-corrected chi connectivity index (χ2v) is 3.63. The molecule has 0 aliphatic heterocycles. The minimum absolute atomic E-state index is 0.258. The third kappa shape index (κ3) is 2.51. The highest BCUT2D eigenvalue weighted by molar-refractivity contribution is 4.89. The first-order valence-corrected chi connectivity index (χ1v) is 4.39. The molecule has 0 bridgehead atoms. The van der Waals surface area contributed by atoms with Crippen molar-refractivity contribution in [1.29, 1.82) is 5.26 Å². The van der Waals surface area contributed by atoms with Crippen LogP contribution in [0.25, 0.3) is 0 Å². The van der Waals surface area contributed by atoms with Gasteiger partial charge in [0.05, 0.1) is 12.6 Å². The fourth-order valence-corrected chi connectivity index (χ4v) is 1.76. The Morgan fingerprint density at radius 2 is 2.00 bits per heavy atom. The molecule has 1 fully saturated rings. The summed E-state index contributed by atoms with van der Waals surface area (Å²) in [7, 11) is 0. The summed E-state index contributed by atoms with van der Waals surface area (Å²) >= 11 is 0. The number of hydrogen-bond donors (Lipinski definition) is 1. The molecule has 1 rings (SSSR count). The van der Waals surface area contributed by atoms with Crippen molar-refractivity contribution in [2.75, 3.05) is 6.54 Å². The van der Waals surface area contributed by atoms with Gasteiger partial charge in [-0.3, -0.25) is 5.32 Å². The highest BCUT2D eigenvalue weighted by Gasteiger charge is 2.25. The minimum Gasteiger partial charge on any atom is -0.299 e. The third-order valence-corrected chi connectivity index (χ3v) is 2.55. The number of hydrogen-bond acceptors (Lipinski definition) is 2. The van der Waals surface area contributed by atoms with Crippen LogP contribution >= 0.6 is 0 Å². The Morgan fingerprint density at radius 3 is 2.55 bits per heavy atom. The van der Waals surface area contributed by atoms with E-state index < -0.39 is 0 Å². The second-order valence-electron chi connectivity index (χ2n) is 3.63. The number of nitriles is 1. The van der Waals surface area contributed by atoms with Crippen LogP contribution < -0.4 is 5.32 Å². The molecule has 0 amide bonds. The average molecular weight is 152 g/mol. The summed E-state index contributed by atoms with van der Waals surface area (Å²) in [5, 5.41) is 11.7. The lowest BCUT2D eigenvalue weighted by Crippen LogP contribution is -2.43. The van der Waals surface area contributed by atoms with Crippen molar-refractivity contribution < 1.29 is 0 Å². The van der Waals surface area contributed by atoms with Gasteiger partial charge < -0.3 is 0 Å². The molecule has 1 aliphatic rings. The summed E-state index contributed by atoms with van der Waals surface area (Å²) in [6.45, 7) is 2.72. The van der Waals surface area contributed by atoms with Crippen LogP contribution in [-0.2, 0) is 0 Å².